The lowest BCUT2D eigenvalue weighted by molar-refractivity contribution is 0.0440. The lowest BCUT2D eigenvalue weighted by atomic mass is 10.1. The Bertz CT molecular complexity index is 536. The molecule has 0 amide bonds. The highest BCUT2D eigenvalue weighted by atomic mass is 16.5. The van der Waals surface area contributed by atoms with E-state index in [0.717, 1.165) is 25.7 Å². The van der Waals surface area contributed by atoms with Crippen molar-refractivity contribution in [3.05, 3.63) is 34.9 Å². The molecule has 0 saturated heterocycles. The van der Waals surface area contributed by atoms with Gasteiger partial charge in [0.15, 0.2) is 0 Å². The van der Waals surface area contributed by atoms with Crippen LogP contribution in [-0.4, -0.2) is 30.3 Å². The van der Waals surface area contributed by atoms with Crippen LogP contribution in [0.25, 0.3) is 0 Å². The Hall–Kier alpha value is -1.88. The van der Waals surface area contributed by atoms with Crippen LogP contribution in [0.5, 0.6) is 0 Å². The fraction of sp³-hybridized carbons (Fsp3) is 0.619. The molecule has 0 saturated carbocycles. The van der Waals surface area contributed by atoms with Crippen LogP contribution in [0.4, 0.5) is 0 Å². The summed E-state index contributed by atoms with van der Waals surface area (Å²) >= 11 is 0. The number of hydrogen-bond acceptors (Lipinski definition) is 5. The van der Waals surface area contributed by atoms with Crippen LogP contribution >= 0.6 is 0 Å². The van der Waals surface area contributed by atoms with Crippen molar-refractivity contribution in [2.45, 2.75) is 60.0 Å². The van der Waals surface area contributed by atoms with Crippen molar-refractivity contribution >= 4 is 11.9 Å². The van der Waals surface area contributed by atoms with E-state index in [1.807, 2.05) is 13.8 Å². The van der Waals surface area contributed by atoms with Gasteiger partial charge in [0.05, 0.1) is 30.9 Å². The fourth-order valence-electron chi connectivity index (χ4n) is 2.77. The van der Waals surface area contributed by atoms with Gasteiger partial charge in [-0.15, -0.1) is 0 Å². The van der Waals surface area contributed by atoms with E-state index < -0.39 is 11.9 Å². The minimum atomic E-state index is -0.489. The number of hydrogen-bond donors (Lipinski definition) is 1. The molecule has 0 unspecified atom stereocenters. The number of esters is 2. The number of aliphatic hydroxyl groups is 1. The molecule has 0 bridgehead atoms. The molecule has 0 fully saturated rings. The minimum Gasteiger partial charge on any atom is -0.462 e. The van der Waals surface area contributed by atoms with Crippen LogP contribution in [0.1, 0.15) is 79.7 Å². The molecule has 1 N–H and O–H groups in total. The summed E-state index contributed by atoms with van der Waals surface area (Å²) in [5.74, 6) is -0.405. The van der Waals surface area contributed by atoms with E-state index in [-0.39, 0.29) is 29.6 Å². The van der Waals surface area contributed by atoms with Crippen LogP contribution in [-0.2, 0) is 16.1 Å². The van der Waals surface area contributed by atoms with Crippen LogP contribution in [0.3, 0.4) is 0 Å². The van der Waals surface area contributed by atoms with Crippen molar-refractivity contribution in [2.75, 3.05) is 13.2 Å². The van der Waals surface area contributed by atoms with Gasteiger partial charge in [-0.05, 0) is 48.4 Å². The first-order valence-corrected chi connectivity index (χ1v) is 9.50. The third kappa shape index (κ3) is 7.56. The number of carbonyl (C=O) groups excluding carboxylic acids is 2. The Morgan fingerprint density at radius 1 is 0.885 bits per heavy atom. The molecule has 0 heterocycles. The van der Waals surface area contributed by atoms with E-state index in [1.54, 1.807) is 12.1 Å². The summed E-state index contributed by atoms with van der Waals surface area (Å²) in [5.41, 5.74) is 0.997. The molecule has 5 nitrogen and oxygen atoms in total. The largest absolute Gasteiger partial charge is 0.462 e. The zero-order valence-electron chi connectivity index (χ0n) is 16.4. The molecule has 0 radical (unpaired) electrons. The van der Waals surface area contributed by atoms with Crippen LogP contribution in [0.2, 0.25) is 0 Å². The van der Waals surface area contributed by atoms with Crippen molar-refractivity contribution in [2.24, 2.45) is 11.8 Å². The van der Waals surface area contributed by atoms with Crippen LogP contribution in [0, 0.1) is 11.8 Å². The van der Waals surface area contributed by atoms with Gasteiger partial charge in [0.2, 0.25) is 0 Å². The average molecular weight is 364 g/mol. The predicted octanol–water partition coefficient (Wildman–Crippen LogP) is 4.36. The molecule has 1 aromatic rings. The average Bonchev–Trinajstić information content (AvgIpc) is 2.64. The summed E-state index contributed by atoms with van der Waals surface area (Å²) < 4.78 is 10.7. The first-order valence-electron chi connectivity index (χ1n) is 9.50. The van der Waals surface area contributed by atoms with Gasteiger partial charge < -0.3 is 14.6 Å². The van der Waals surface area contributed by atoms with E-state index in [1.165, 1.54) is 6.07 Å². The molecule has 1 rings (SSSR count). The SMILES string of the molecule is CCC[C@H](C)COC(=O)c1cc(CO)cc(C(=O)OC[C@@H](C)CCC)c1. The Labute approximate surface area is 156 Å². The van der Waals surface area contributed by atoms with E-state index in [2.05, 4.69) is 13.8 Å². The van der Waals surface area contributed by atoms with Crippen molar-refractivity contribution in [3.8, 4) is 0 Å². The van der Waals surface area contributed by atoms with Crippen molar-refractivity contribution in [1.82, 2.24) is 0 Å². The first-order chi connectivity index (χ1) is 12.4. The highest BCUT2D eigenvalue weighted by Gasteiger charge is 2.16. The van der Waals surface area contributed by atoms with Gasteiger partial charge in [-0.2, -0.15) is 0 Å². The van der Waals surface area contributed by atoms with Crippen LogP contribution in [0.15, 0.2) is 18.2 Å². The second-order valence-electron chi connectivity index (χ2n) is 7.06. The second kappa shape index (κ2) is 11.7. The number of ether oxygens (including phenoxy) is 2. The number of benzene rings is 1. The summed E-state index contributed by atoms with van der Waals surface area (Å²) in [6, 6.07) is 4.56. The van der Waals surface area contributed by atoms with Crippen molar-refractivity contribution in [3.63, 3.8) is 0 Å². The summed E-state index contributed by atoms with van der Waals surface area (Å²) in [6.07, 6.45) is 4.03. The smallest absolute Gasteiger partial charge is 0.338 e. The minimum absolute atomic E-state index is 0.258. The van der Waals surface area contributed by atoms with Gasteiger partial charge in [0.1, 0.15) is 0 Å². The first kappa shape index (κ1) is 22.2. The molecular weight excluding hydrogens is 332 g/mol. The van der Waals surface area contributed by atoms with Gasteiger partial charge in [-0.3, -0.25) is 0 Å². The molecule has 0 aliphatic carbocycles. The fourth-order valence-corrected chi connectivity index (χ4v) is 2.77. The molecule has 5 heteroatoms. The predicted molar refractivity (Wildman–Crippen MR) is 101 cm³/mol. The third-order valence-electron chi connectivity index (χ3n) is 4.21. The Morgan fingerprint density at radius 2 is 1.31 bits per heavy atom. The van der Waals surface area contributed by atoms with E-state index in [4.69, 9.17) is 9.47 Å². The molecule has 0 aliphatic heterocycles. The van der Waals surface area contributed by atoms with Crippen molar-refractivity contribution in [1.29, 1.82) is 0 Å². The molecule has 146 valence electrons. The zero-order valence-corrected chi connectivity index (χ0v) is 16.4. The quantitative estimate of drug-likeness (QED) is 0.591. The van der Waals surface area contributed by atoms with E-state index in [9.17, 15) is 14.7 Å². The molecule has 0 aromatic heterocycles. The van der Waals surface area contributed by atoms with Gasteiger partial charge in [-0.25, -0.2) is 9.59 Å². The highest BCUT2D eigenvalue weighted by Crippen LogP contribution is 2.15. The molecule has 26 heavy (non-hydrogen) atoms. The van der Waals surface area contributed by atoms with E-state index in [0.29, 0.717) is 18.8 Å². The number of aliphatic hydroxyl groups excluding tert-OH is 1. The Balaban J connectivity index is 2.80. The van der Waals surface area contributed by atoms with Gasteiger partial charge in [0.25, 0.3) is 0 Å². The molecule has 0 spiro atoms. The summed E-state index contributed by atoms with van der Waals surface area (Å²) in [5, 5.41) is 9.42. The lowest BCUT2D eigenvalue weighted by Gasteiger charge is -2.13. The summed E-state index contributed by atoms with van der Waals surface area (Å²) in [4.78, 5) is 24.6. The third-order valence-corrected chi connectivity index (χ3v) is 4.21. The molecule has 1 aromatic carbocycles. The van der Waals surface area contributed by atoms with Gasteiger partial charge >= 0.3 is 11.9 Å². The molecule has 0 aliphatic rings. The number of carbonyl (C=O) groups is 2. The second-order valence-corrected chi connectivity index (χ2v) is 7.06. The topological polar surface area (TPSA) is 72.8 Å². The van der Waals surface area contributed by atoms with E-state index >= 15 is 0 Å². The molecular formula is C21H32O5. The van der Waals surface area contributed by atoms with Gasteiger partial charge in [0, 0.05) is 0 Å². The maximum atomic E-state index is 12.3. The maximum Gasteiger partial charge on any atom is 0.338 e. The standard InChI is InChI=1S/C21H32O5/c1-5-7-15(3)13-25-20(23)18-9-17(12-22)10-19(11-18)21(24)26-14-16(4)8-6-2/h9-11,15-16,22H,5-8,12-14H2,1-4H3/t15-,16-/m0/s1. The summed E-state index contributed by atoms with van der Waals surface area (Å²) in [6.45, 7) is 8.64. The number of rotatable bonds is 11. The molecule has 2 atom stereocenters. The summed E-state index contributed by atoms with van der Waals surface area (Å²) in [7, 11) is 0. The van der Waals surface area contributed by atoms with Gasteiger partial charge in [-0.1, -0.05) is 40.5 Å². The Morgan fingerprint density at radius 3 is 1.65 bits per heavy atom. The highest BCUT2D eigenvalue weighted by molar-refractivity contribution is 5.95. The lowest BCUT2D eigenvalue weighted by Crippen LogP contribution is -2.15. The normalized spacial score (nSPS) is 13.1. The van der Waals surface area contributed by atoms with Crippen molar-refractivity contribution < 1.29 is 24.2 Å². The monoisotopic (exact) mass is 364 g/mol. The van der Waals surface area contributed by atoms with Crippen LogP contribution < -0.4 is 0 Å². The Kier molecular flexibility index (Phi) is 9.96. The zero-order chi connectivity index (χ0) is 19.5. The maximum absolute atomic E-state index is 12.3.